The number of fused-ring (bicyclic) bond motifs is 1. The van der Waals surface area contributed by atoms with Gasteiger partial charge in [0.05, 0.1) is 17.5 Å². The molecule has 1 saturated heterocycles. The molecule has 5 rings (SSSR count). The lowest BCUT2D eigenvalue weighted by Crippen LogP contribution is -2.42. The molecule has 2 aliphatic rings. The zero-order chi connectivity index (χ0) is 22.8. The van der Waals surface area contributed by atoms with Crippen molar-refractivity contribution in [1.29, 1.82) is 0 Å². The number of likely N-dealkylation sites (tertiary alicyclic amines) is 1. The summed E-state index contributed by atoms with van der Waals surface area (Å²) in [6.45, 7) is 2.65. The molecule has 3 aromatic rings. The first-order chi connectivity index (χ1) is 16.0. The van der Waals surface area contributed by atoms with E-state index in [9.17, 15) is 4.79 Å². The van der Waals surface area contributed by atoms with Gasteiger partial charge in [0.25, 0.3) is 0 Å². The van der Waals surface area contributed by atoms with E-state index in [1.54, 1.807) is 18.2 Å². The number of amides is 1. The normalized spacial score (nSPS) is 17.8. The molecule has 0 radical (unpaired) electrons. The standard InChI is InChI=1S/C23H22Cl2N4O4/c24-16-4-5-17(18(25)9-16)22-27-21(33-28-22)12-29-7-1-2-15(11-29)23(30)26-10-14-3-6-19-20(8-14)32-13-31-19/h3-6,8-9,15H,1-2,7,10-13H2,(H,26,30). The quantitative estimate of drug-likeness (QED) is 0.552. The number of hydrogen-bond donors (Lipinski definition) is 1. The summed E-state index contributed by atoms with van der Waals surface area (Å²) in [6, 6.07) is 10.8. The molecular formula is C23H22Cl2N4O4. The second kappa shape index (κ2) is 9.59. The molecule has 0 spiro atoms. The van der Waals surface area contributed by atoms with Crippen molar-refractivity contribution in [2.24, 2.45) is 5.92 Å². The van der Waals surface area contributed by atoms with E-state index in [-0.39, 0.29) is 18.6 Å². The molecule has 1 aromatic heterocycles. The van der Waals surface area contributed by atoms with Crippen molar-refractivity contribution in [3.63, 3.8) is 0 Å². The average molecular weight is 489 g/mol. The van der Waals surface area contributed by atoms with Crippen LogP contribution >= 0.6 is 23.2 Å². The van der Waals surface area contributed by atoms with Crippen molar-refractivity contribution in [3.05, 3.63) is 57.9 Å². The molecule has 0 saturated carbocycles. The molecule has 0 bridgehead atoms. The van der Waals surface area contributed by atoms with Crippen molar-refractivity contribution in [3.8, 4) is 22.9 Å². The average Bonchev–Trinajstić information content (AvgIpc) is 3.47. The van der Waals surface area contributed by atoms with Gasteiger partial charge in [0.15, 0.2) is 11.5 Å². The molecule has 10 heteroatoms. The summed E-state index contributed by atoms with van der Waals surface area (Å²) < 4.78 is 16.2. The summed E-state index contributed by atoms with van der Waals surface area (Å²) in [5, 5.41) is 8.10. The van der Waals surface area contributed by atoms with Gasteiger partial charge >= 0.3 is 0 Å². The van der Waals surface area contributed by atoms with Crippen LogP contribution in [0.3, 0.4) is 0 Å². The van der Waals surface area contributed by atoms with Gasteiger partial charge in [0.1, 0.15) is 0 Å². The van der Waals surface area contributed by atoms with Crippen molar-refractivity contribution in [1.82, 2.24) is 20.4 Å². The summed E-state index contributed by atoms with van der Waals surface area (Å²) in [4.78, 5) is 19.4. The lowest BCUT2D eigenvalue weighted by Gasteiger charge is -2.30. The number of nitrogens with one attached hydrogen (secondary N) is 1. The third-order valence-electron chi connectivity index (χ3n) is 5.78. The van der Waals surface area contributed by atoms with E-state index in [2.05, 4.69) is 20.4 Å². The van der Waals surface area contributed by atoms with Gasteiger partial charge in [-0.25, -0.2) is 0 Å². The number of carbonyl (C=O) groups excluding carboxylic acids is 1. The summed E-state index contributed by atoms with van der Waals surface area (Å²) in [6.07, 6.45) is 1.77. The molecule has 1 atom stereocenters. The fourth-order valence-corrected chi connectivity index (χ4v) is 4.58. The molecule has 1 amide bonds. The SMILES string of the molecule is O=C(NCc1ccc2c(c1)OCO2)C1CCCN(Cc2nc(-c3ccc(Cl)cc3Cl)no2)C1. The monoisotopic (exact) mass is 488 g/mol. The number of rotatable bonds is 6. The van der Waals surface area contributed by atoms with Crippen LogP contribution in [-0.4, -0.2) is 40.8 Å². The molecule has 2 aliphatic heterocycles. The van der Waals surface area contributed by atoms with Gasteiger partial charge in [-0.3, -0.25) is 9.69 Å². The Balaban J connectivity index is 1.16. The number of piperidine rings is 1. The predicted molar refractivity (Wildman–Crippen MR) is 122 cm³/mol. The molecular weight excluding hydrogens is 467 g/mol. The van der Waals surface area contributed by atoms with Crippen LogP contribution in [0, 0.1) is 5.92 Å². The lowest BCUT2D eigenvalue weighted by atomic mass is 9.97. The molecule has 2 aromatic carbocycles. The Morgan fingerprint density at radius 2 is 2.03 bits per heavy atom. The number of halogens is 2. The molecule has 0 aliphatic carbocycles. The van der Waals surface area contributed by atoms with Crippen LogP contribution in [0.15, 0.2) is 40.9 Å². The summed E-state index contributed by atoms with van der Waals surface area (Å²) in [7, 11) is 0. The number of carbonyl (C=O) groups is 1. The van der Waals surface area contributed by atoms with Gasteiger partial charge in [-0.05, 0) is 55.3 Å². The summed E-state index contributed by atoms with van der Waals surface area (Å²) >= 11 is 12.2. The molecule has 33 heavy (non-hydrogen) atoms. The van der Waals surface area contributed by atoms with Crippen LogP contribution in [0.1, 0.15) is 24.3 Å². The van der Waals surface area contributed by atoms with E-state index >= 15 is 0 Å². The van der Waals surface area contributed by atoms with Gasteiger partial charge < -0.3 is 19.3 Å². The molecule has 3 heterocycles. The topological polar surface area (TPSA) is 89.7 Å². The Labute approximate surface area is 200 Å². The number of hydrogen-bond acceptors (Lipinski definition) is 7. The van der Waals surface area contributed by atoms with E-state index < -0.39 is 0 Å². The largest absolute Gasteiger partial charge is 0.454 e. The van der Waals surface area contributed by atoms with E-state index in [1.807, 2.05) is 18.2 Å². The Bertz CT molecular complexity index is 1170. The lowest BCUT2D eigenvalue weighted by molar-refractivity contribution is -0.127. The fourth-order valence-electron chi connectivity index (χ4n) is 4.09. The van der Waals surface area contributed by atoms with E-state index in [4.69, 9.17) is 37.2 Å². The third kappa shape index (κ3) is 5.08. The van der Waals surface area contributed by atoms with Crippen LogP contribution in [0.5, 0.6) is 11.5 Å². The zero-order valence-corrected chi connectivity index (χ0v) is 19.2. The maximum Gasteiger partial charge on any atom is 0.241 e. The molecule has 1 fully saturated rings. The highest BCUT2D eigenvalue weighted by atomic mass is 35.5. The highest BCUT2D eigenvalue weighted by molar-refractivity contribution is 6.36. The van der Waals surface area contributed by atoms with Crippen LogP contribution in [0.4, 0.5) is 0 Å². The third-order valence-corrected chi connectivity index (χ3v) is 6.33. The zero-order valence-electron chi connectivity index (χ0n) is 17.7. The first-order valence-corrected chi connectivity index (χ1v) is 11.5. The second-order valence-corrected chi connectivity index (χ2v) is 8.96. The molecule has 1 N–H and O–H groups in total. The first kappa shape index (κ1) is 22.0. The Morgan fingerprint density at radius 3 is 2.91 bits per heavy atom. The summed E-state index contributed by atoms with van der Waals surface area (Å²) in [5.74, 6) is 2.29. The molecule has 1 unspecified atom stereocenters. The van der Waals surface area contributed by atoms with Gasteiger partial charge in [-0.2, -0.15) is 4.98 Å². The molecule has 172 valence electrons. The minimum absolute atomic E-state index is 0.0385. The second-order valence-electron chi connectivity index (χ2n) is 8.12. The highest BCUT2D eigenvalue weighted by Crippen LogP contribution is 2.32. The number of ether oxygens (including phenoxy) is 2. The Hall–Kier alpha value is -2.81. The number of benzene rings is 2. The summed E-state index contributed by atoms with van der Waals surface area (Å²) in [5.41, 5.74) is 1.63. The smallest absolute Gasteiger partial charge is 0.241 e. The van der Waals surface area contributed by atoms with E-state index in [0.717, 1.165) is 30.7 Å². The van der Waals surface area contributed by atoms with Gasteiger partial charge in [0.2, 0.25) is 24.4 Å². The van der Waals surface area contributed by atoms with Gasteiger partial charge in [0, 0.05) is 23.7 Å². The number of aromatic nitrogens is 2. The first-order valence-electron chi connectivity index (χ1n) is 10.7. The Morgan fingerprint density at radius 1 is 1.15 bits per heavy atom. The molecule has 8 nitrogen and oxygen atoms in total. The van der Waals surface area contributed by atoms with Crippen LogP contribution in [0.25, 0.3) is 11.4 Å². The fraction of sp³-hybridized carbons (Fsp3) is 0.348. The van der Waals surface area contributed by atoms with Crippen molar-refractivity contribution in [2.75, 3.05) is 19.9 Å². The van der Waals surface area contributed by atoms with E-state index in [1.165, 1.54) is 0 Å². The maximum atomic E-state index is 12.8. The Kier molecular flexibility index (Phi) is 6.39. The van der Waals surface area contributed by atoms with Crippen molar-refractivity contribution >= 4 is 29.1 Å². The number of nitrogens with zero attached hydrogens (tertiary/aromatic N) is 3. The van der Waals surface area contributed by atoms with Crippen LogP contribution < -0.4 is 14.8 Å². The van der Waals surface area contributed by atoms with Gasteiger partial charge in [-0.1, -0.05) is 34.4 Å². The van der Waals surface area contributed by atoms with Gasteiger partial charge in [-0.15, -0.1) is 0 Å². The predicted octanol–water partition coefficient (Wildman–Crippen LogP) is 4.30. The highest BCUT2D eigenvalue weighted by Gasteiger charge is 2.27. The minimum atomic E-state index is -0.0964. The van der Waals surface area contributed by atoms with Crippen molar-refractivity contribution in [2.45, 2.75) is 25.9 Å². The van der Waals surface area contributed by atoms with Crippen molar-refractivity contribution < 1.29 is 18.8 Å². The van der Waals surface area contributed by atoms with Crippen LogP contribution in [0.2, 0.25) is 10.0 Å². The van der Waals surface area contributed by atoms with E-state index in [0.29, 0.717) is 52.7 Å². The minimum Gasteiger partial charge on any atom is -0.454 e. The van der Waals surface area contributed by atoms with Crippen LogP contribution in [-0.2, 0) is 17.9 Å². The maximum absolute atomic E-state index is 12.8.